The van der Waals surface area contributed by atoms with Crippen LogP contribution in [0.25, 0.3) is 11.1 Å². The zero-order valence-corrected chi connectivity index (χ0v) is 23.7. The fourth-order valence-corrected chi connectivity index (χ4v) is 5.42. The summed E-state index contributed by atoms with van der Waals surface area (Å²) >= 11 is 0. The molecule has 0 heterocycles. The van der Waals surface area contributed by atoms with Crippen LogP contribution in [-0.2, 0) is 20.9 Å². The number of hydrogen-bond donors (Lipinski definition) is 3. The van der Waals surface area contributed by atoms with Crippen molar-refractivity contribution < 1.29 is 24.2 Å². The van der Waals surface area contributed by atoms with Gasteiger partial charge < -0.3 is 20.5 Å². The summed E-state index contributed by atoms with van der Waals surface area (Å²) in [6.45, 7) is 2.92. The van der Waals surface area contributed by atoms with Crippen LogP contribution in [0, 0.1) is 0 Å². The highest BCUT2D eigenvalue weighted by atomic mass is 16.5. The minimum Gasteiger partial charge on any atom is -0.480 e. The molecule has 4 rings (SSSR count). The predicted octanol–water partition coefficient (Wildman–Crippen LogP) is 5.18. The van der Waals surface area contributed by atoms with Crippen LogP contribution in [0.3, 0.4) is 0 Å². The number of benzene rings is 3. The normalized spacial score (nSPS) is 13.6. The second-order valence-corrected chi connectivity index (χ2v) is 10.7. The van der Waals surface area contributed by atoms with Gasteiger partial charge in [-0.3, -0.25) is 9.69 Å². The summed E-state index contributed by atoms with van der Waals surface area (Å²) in [6, 6.07) is 24.5. The molecule has 3 aromatic carbocycles. The fraction of sp³-hybridized carbons (Fsp3) is 0.364. The molecule has 0 saturated carbocycles. The van der Waals surface area contributed by atoms with Gasteiger partial charge in [-0.15, -0.1) is 0 Å². The van der Waals surface area contributed by atoms with Crippen molar-refractivity contribution in [2.45, 2.75) is 57.2 Å². The summed E-state index contributed by atoms with van der Waals surface area (Å²) in [5.41, 5.74) is 5.60. The Morgan fingerprint density at radius 1 is 0.902 bits per heavy atom. The average molecular weight is 558 g/mol. The summed E-state index contributed by atoms with van der Waals surface area (Å²) in [5.74, 6) is -1.59. The van der Waals surface area contributed by atoms with Crippen LogP contribution in [0.2, 0.25) is 0 Å². The van der Waals surface area contributed by atoms with Crippen molar-refractivity contribution >= 4 is 18.0 Å². The number of carbonyl (C=O) groups excluding carboxylic acids is 2. The Morgan fingerprint density at radius 2 is 1.51 bits per heavy atom. The van der Waals surface area contributed by atoms with E-state index < -0.39 is 30.1 Å². The van der Waals surface area contributed by atoms with Crippen molar-refractivity contribution in [1.29, 1.82) is 0 Å². The van der Waals surface area contributed by atoms with Gasteiger partial charge in [-0.05, 0) is 41.3 Å². The zero-order chi connectivity index (χ0) is 29.2. The summed E-state index contributed by atoms with van der Waals surface area (Å²) in [5, 5.41) is 15.2. The van der Waals surface area contributed by atoms with E-state index in [-0.39, 0.29) is 25.5 Å². The third kappa shape index (κ3) is 8.17. The number of carbonyl (C=O) groups is 3. The molecular formula is C33H39N3O5. The van der Waals surface area contributed by atoms with Crippen molar-refractivity contribution in [1.82, 2.24) is 15.5 Å². The van der Waals surface area contributed by atoms with Gasteiger partial charge in [-0.2, -0.15) is 0 Å². The minimum absolute atomic E-state index is 0.0314. The third-order valence-corrected chi connectivity index (χ3v) is 7.43. The number of amides is 2. The third-order valence-electron chi connectivity index (χ3n) is 7.43. The van der Waals surface area contributed by atoms with E-state index in [9.17, 15) is 19.5 Å². The molecule has 8 nitrogen and oxygen atoms in total. The molecule has 0 fully saturated rings. The number of carboxylic acids is 1. The monoisotopic (exact) mass is 557 g/mol. The van der Waals surface area contributed by atoms with Gasteiger partial charge in [-0.1, -0.05) is 98.6 Å². The number of aliphatic carboxylic acids is 1. The lowest BCUT2D eigenvalue weighted by Gasteiger charge is -2.24. The summed E-state index contributed by atoms with van der Waals surface area (Å²) < 4.78 is 5.68. The molecule has 0 aromatic heterocycles. The highest BCUT2D eigenvalue weighted by Crippen LogP contribution is 2.44. The van der Waals surface area contributed by atoms with E-state index in [1.807, 2.05) is 73.5 Å². The van der Waals surface area contributed by atoms with Crippen LogP contribution in [0.4, 0.5) is 4.79 Å². The predicted molar refractivity (Wildman–Crippen MR) is 158 cm³/mol. The van der Waals surface area contributed by atoms with Crippen molar-refractivity contribution in [2.24, 2.45) is 0 Å². The topological polar surface area (TPSA) is 108 Å². The Hall–Kier alpha value is -4.17. The second kappa shape index (κ2) is 14.5. The molecule has 216 valence electrons. The Kier molecular flexibility index (Phi) is 10.5. The number of rotatable bonds is 14. The summed E-state index contributed by atoms with van der Waals surface area (Å²) in [7, 11) is 1.82. The highest BCUT2D eigenvalue weighted by molar-refractivity contribution is 5.84. The van der Waals surface area contributed by atoms with Crippen LogP contribution >= 0.6 is 0 Å². The number of hydrogen-bond acceptors (Lipinski definition) is 5. The molecule has 3 N–H and O–H groups in total. The first-order chi connectivity index (χ1) is 19.9. The first-order valence-corrected chi connectivity index (χ1v) is 14.2. The Balaban J connectivity index is 1.32. The van der Waals surface area contributed by atoms with Crippen molar-refractivity contribution in [2.75, 3.05) is 20.2 Å². The van der Waals surface area contributed by atoms with Gasteiger partial charge in [0.2, 0.25) is 5.91 Å². The van der Waals surface area contributed by atoms with Gasteiger partial charge in [0.1, 0.15) is 12.6 Å². The highest BCUT2D eigenvalue weighted by Gasteiger charge is 2.30. The number of unbranched alkanes of at least 4 members (excludes halogenated alkanes) is 1. The van der Waals surface area contributed by atoms with E-state index in [1.165, 1.54) is 0 Å². The fourth-order valence-electron chi connectivity index (χ4n) is 5.42. The van der Waals surface area contributed by atoms with E-state index in [4.69, 9.17) is 4.74 Å². The molecule has 1 aliphatic carbocycles. The Morgan fingerprint density at radius 3 is 2.12 bits per heavy atom. The molecule has 3 aromatic rings. The van der Waals surface area contributed by atoms with Gasteiger partial charge in [-0.25, -0.2) is 9.59 Å². The Bertz CT molecular complexity index is 1280. The largest absolute Gasteiger partial charge is 0.480 e. The van der Waals surface area contributed by atoms with Gasteiger partial charge in [0.25, 0.3) is 0 Å². The molecule has 0 bridgehead atoms. The number of ether oxygens (including phenoxy) is 1. The van der Waals surface area contributed by atoms with E-state index in [2.05, 4.69) is 34.9 Å². The SMILES string of the molecule is CCCC[C@@H](CC(=O)NC(CN(C)Cc1ccccc1)C(=O)O)NC(=O)OCC1c2ccccc2-c2ccccc21. The quantitative estimate of drug-likeness (QED) is 0.252. The molecule has 0 radical (unpaired) electrons. The first kappa shape index (κ1) is 29.8. The Labute approximate surface area is 241 Å². The van der Waals surface area contributed by atoms with E-state index in [0.29, 0.717) is 13.0 Å². The molecule has 0 spiro atoms. The molecular weight excluding hydrogens is 518 g/mol. The maximum Gasteiger partial charge on any atom is 0.407 e. The molecule has 41 heavy (non-hydrogen) atoms. The van der Waals surface area contributed by atoms with Crippen LogP contribution < -0.4 is 10.6 Å². The second-order valence-electron chi connectivity index (χ2n) is 10.7. The minimum atomic E-state index is -1.10. The summed E-state index contributed by atoms with van der Waals surface area (Å²) in [6.07, 6.45) is 1.67. The van der Waals surface area contributed by atoms with Crippen LogP contribution in [0.1, 0.15) is 55.2 Å². The maximum atomic E-state index is 12.9. The number of carboxylic acid groups (broad SMARTS) is 1. The maximum absolute atomic E-state index is 12.9. The zero-order valence-electron chi connectivity index (χ0n) is 23.7. The molecule has 1 aliphatic rings. The van der Waals surface area contributed by atoms with E-state index in [1.54, 1.807) is 0 Å². The molecule has 2 atom stereocenters. The number of fused-ring (bicyclic) bond motifs is 3. The number of alkyl carbamates (subject to hydrolysis) is 1. The number of nitrogens with one attached hydrogen (secondary N) is 2. The molecule has 8 heteroatoms. The number of likely N-dealkylation sites (N-methyl/N-ethyl adjacent to an activating group) is 1. The average Bonchev–Trinajstić information content (AvgIpc) is 3.28. The standard InChI is InChI=1S/C33H39N3O5/c1-3-4-14-24(19-31(37)35-30(32(38)39)21-36(2)20-23-12-6-5-7-13-23)34-33(40)41-22-29-27-17-10-8-15-25(27)26-16-9-11-18-28(26)29/h5-13,15-18,24,29-30H,3-4,14,19-22H2,1-2H3,(H,34,40)(H,35,37)(H,38,39)/t24-,30?/m0/s1. The van der Waals surface area contributed by atoms with E-state index >= 15 is 0 Å². The molecule has 2 amide bonds. The van der Waals surface area contributed by atoms with Gasteiger partial charge in [0.05, 0.1) is 0 Å². The molecule has 0 saturated heterocycles. The summed E-state index contributed by atoms with van der Waals surface area (Å²) in [4.78, 5) is 39.5. The lowest BCUT2D eigenvalue weighted by atomic mass is 9.98. The molecule has 0 aliphatic heterocycles. The van der Waals surface area contributed by atoms with E-state index in [0.717, 1.165) is 40.7 Å². The molecule has 1 unspecified atom stereocenters. The van der Waals surface area contributed by atoms with Crippen molar-refractivity contribution in [3.05, 3.63) is 95.6 Å². The van der Waals surface area contributed by atoms with Crippen LogP contribution in [0.5, 0.6) is 0 Å². The van der Waals surface area contributed by atoms with Gasteiger partial charge in [0.15, 0.2) is 0 Å². The van der Waals surface area contributed by atoms with Gasteiger partial charge in [0, 0.05) is 31.5 Å². The van der Waals surface area contributed by atoms with Crippen LogP contribution in [-0.4, -0.2) is 60.3 Å². The van der Waals surface area contributed by atoms with Gasteiger partial charge >= 0.3 is 12.1 Å². The first-order valence-electron chi connectivity index (χ1n) is 14.2. The lowest BCUT2D eigenvalue weighted by Crippen LogP contribution is -2.49. The smallest absolute Gasteiger partial charge is 0.407 e. The van der Waals surface area contributed by atoms with Crippen molar-refractivity contribution in [3.63, 3.8) is 0 Å². The lowest BCUT2D eigenvalue weighted by molar-refractivity contribution is -0.142. The van der Waals surface area contributed by atoms with Crippen LogP contribution in [0.15, 0.2) is 78.9 Å². The van der Waals surface area contributed by atoms with Crippen molar-refractivity contribution in [3.8, 4) is 11.1 Å². The number of nitrogens with zero attached hydrogens (tertiary/aromatic N) is 1.